The molecule has 1 aliphatic heterocycles. The zero-order valence-electron chi connectivity index (χ0n) is 41.5. The van der Waals surface area contributed by atoms with E-state index in [1.807, 2.05) is 0 Å². The Labute approximate surface area is 441 Å². The highest BCUT2D eigenvalue weighted by atomic mass is 15.1. The molecule has 0 radical (unpaired) electrons. The van der Waals surface area contributed by atoms with E-state index in [0.717, 1.165) is 33.9 Å². The number of aromatic nitrogens is 2. The molecule has 2 aromatic heterocycles. The van der Waals surface area contributed by atoms with Crippen molar-refractivity contribution < 1.29 is 0 Å². The molecule has 3 heteroatoms. The first-order valence-electron chi connectivity index (χ1n) is 26.3. The summed E-state index contributed by atoms with van der Waals surface area (Å²) in [5.41, 5.74) is 24.7. The zero-order chi connectivity index (χ0) is 49.9. The normalized spacial score (nSPS) is 14.1. The van der Waals surface area contributed by atoms with Crippen LogP contribution in [0.5, 0.6) is 0 Å². The van der Waals surface area contributed by atoms with Crippen molar-refractivity contribution in [2.75, 3.05) is 4.90 Å². The summed E-state index contributed by atoms with van der Waals surface area (Å²) in [6, 6.07) is 106. The summed E-state index contributed by atoms with van der Waals surface area (Å²) in [6.45, 7) is 0. The van der Waals surface area contributed by atoms with E-state index in [-0.39, 0.29) is 0 Å². The molecular formula is C73H47N3. The minimum absolute atomic E-state index is 0.598. The molecule has 1 aliphatic carbocycles. The van der Waals surface area contributed by atoms with Crippen molar-refractivity contribution in [1.29, 1.82) is 0 Å². The minimum atomic E-state index is -0.598. The van der Waals surface area contributed by atoms with Crippen LogP contribution in [0.1, 0.15) is 22.3 Å². The van der Waals surface area contributed by atoms with Crippen LogP contribution < -0.4 is 4.90 Å². The Kier molecular flexibility index (Phi) is 9.25. The maximum atomic E-state index is 2.53. The van der Waals surface area contributed by atoms with E-state index in [9.17, 15) is 0 Å². The Morgan fingerprint density at radius 3 is 1.63 bits per heavy atom. The van der Waals surface area contributed by atoms with Crippen molar-refractivity contribution in [3.05, 3.63) is 307 Å². The van der Waals surface area contributed by atoms with E-state index in [1.165, 1.54) is 105 Å². The van der Waals surface area contributed by atoms with Gasteiger partial charge in [0, 0.05) is 44.2 Å². The van der Waals surface area contributed by atoms with Crippen molar-refractivity contribution in [3.63, 3.8) is 0 Å². The third-order valence-corrected chi connectivity index (χ3v) is 16.5. The molecule has 0 fully saturated rings. The first kappa shape index (κ1) is 42.5. The maximum Gasteiger partial charge on any atom is 0.0755 e. The second-order valence-electron chi connectivity index (χ2n) is 20.3. The van der Waals surface area contributed by atoms with E-state index < -0.39 is 5.41 Å². The summed E-state index contributed by atoms with van der Waals surface area (Å²) in [5.74, 6) is 0. The van der Waals surface area contributed by atoms with Crippen molar-refractivity contribution in [3.8, 4) is 55.9 Å². The van der Waals surface area contributed by atoms with Gasteiger partial charge in [-0.3, -0.25) is 0 Å². The van der Waals surface area contributed by atoms with Crippen LogP contribution in [0.25, 0.3) is 99.5 Å². The summed E-state index contributed by atoms with van der Waals surface area (Å²) in [6.07, 6.45) is 0. The van der Waals surface area contributed by atoms with Gasteiger partial charge < -0.3 is 14.0 Å². The molecule has 0 saturated carbocycles. The van der Waals surface area contributed by atoms with Crippen LogP contribution in [0.3, 0.4) is 0 Å². The van der Waals surface area contributed by atoms with Gasteiger partial charge in [0.2, 0.25) is 0 Å². The summed E-state index contributed by atoms with van der Waals surface area (Å²) in [5, 5.41) is 5.03. The fourth-order valence-corrected chi connectivity index (χ4v) is 13.4. The Morgan fingerprint density at radius 2 is 0.829 bits per heavy atom. The number of hydrogen-bond acceptors (Lipinski definition) is 1. The third kappa shape index (κ3) is 5.99. The molecule has 76 heavy (non-hydrogen) atoms. The molecule has 0 amide bonds. The number of benzene rings is 12. The zero-order valence-corrected chi connectivity index (χ0v) is 41.5. The van der Waals surface area contributed by atoms with Gasteiger partial charge in [0.05, 0.1) is 38.9 Å². The van der Waals surface area contributed by atoms with Crippen LogP contribution in [-0.4, -0.2) is 9.13 Å². The molecule has 1 spiro atoms. The van der Waals surface area contributed by atoms with E-state index in [1.54, 1.807) is 0 Å². The number of para-hydroxylation sites is 6. The largest absolute Gasteiger partial charge is 0.310 e. The molecule has 3 nitrogen and oxygen atoms in total. The second kappa shape index (κ2) is 16.5. The van der Waals surface area contributed by atoms with Gasteiger partial charge in [-0.15, -0.1) is 0 Å². The standard InChI is InChI=1S/C73H47N3/c1-3-20-49(21-4-1)54-24-7-8-25-55(54)58-27-10-15-34-67(58)74(52-41-38-48(39-42-52)50-40-45-70-62(46-50)60-29-12-16-35-68(60)75(70)51-22-5-2-6-23-51)53-43-44-57-56-26-9-13-31-63(56)73(66(57)47-53)64-32-14-18-37-71(64)76-69-36-17-11-28-59(69)61-30-19-33-65(73)72(61)76/h1-47H. The predicted molar refractivity (Wildman–Crippen MR) is 317 cm³/mol. The van der Waals surface area contributed by atoms with Crippen LogP contribution >= 0.6 is 0 Å². The molecule has 0 saturated heterocycles. The van der Waals surface area contributed by atoms with E-state index in [4.69, 9.17) is 0 Å². The molecular weight excluding hydrogens is 919 g/mol. The van der Waals surface area contributed by atoms with Crippen LogP contribution in [0, 0.1) is 0 Å². The van der Waals surface area contributed by atoms with Gasteiger partial charge in [0.25, 0.3) is 0 Å². The molecule has 3 heterocycles. The molecule has 354 valence electrons. The first-order valence-corrected chi connectivity index (χ1v) is 26.3. The van der Waals surface area contributed by atoms with E-state index in [0.29, 0.717) is 0 Å². The van der Waals surface area contributed by atoms with E-state index in [2.05, 4.69) is 299 Å². The molecule has 0 bridgehead atoms. The summed E-state index contributed by atoms with van der Waals surface area (Å²) < 4.78 is 4.91. The number of nitrogens with zero attached hydrogens (tertiary/aromatic N) is 3. The molecule has 1 atom stereocenters. The van der Waals surface area contributed by atoms with E-state index >= 15 is 0 Å². The summed E-state index contributed by atoms with van der Waals surface area (Å²) >= 11 is 0. The number of anilines is 3. The lowest BCUT2D eigenvalue weighted by atomic mass is 9.65. The Morgan fingerprint density at radius 1 is 0.276 bits per heavy atom. The van der Waals surface area contributed by atoms with Crippen molar-refractivity contribution >= 4 is 60.7 Å². The highest BCUT2D eigenvalue weighted by Crippen LogP contribution is 2.62. The third-order valence-electron chi connectivity index (χ3n) is 16.5. The SMILES string of the molecule is c1ccc(-c2ccccc2-c2ccccc2N(c2ccc(-c3ccc4c(c3)c3ccccc3n4-c3ccccc3)cc2)c2ccc3c(c2)C2(c4ccccc4-3)c3ccccc3-n3c4ccccc4c4cccc2c43)cc1. The fourth-order valence-electron chi connectivity index (χ4n) is 13.4. The van der Waals surface area contributed by atoms with Crippen LogP contribution in [0.15, 0.2) is 285 Å². The molecule has 1 unspecified atom stereocenters. The number of fused-ring (bicyclic) bond motifs is 15. The summed E-state index contributed by atoms with van der Waals surface area (Å²) in [7, 11) is 0. The Hall–Kier alpha value is -9.96. The minimum Gasteiger partial charge on any atom is -0.310 e. The molecule has 2 aliphatic rings. The van der Waals surface area contributed by atoms with Crippen molar-refractivity contribution in [2.45, 2.75) is 5.41 Å². The van der Waals surface area contributed by atoms with Gasteiger partial charge in [-0.05, 0) is 134 Å². The lowest BCUT2D eigenvalue weighted by Gasteiger charge is -2.40. The quantitative estimate of drug-likeness (QED) is 0.155. The first-order chi connectivity index (χ1) is 37.7. The lowest BCUT2D eigenvalue weighted by molar-refractivity contribution is 0.748. The van der Waals surface area contributed by atoms with Gasteiger partial charge >= 0.3 is 0 Å². The second-order valence-corrected chi connectivity index (χ2v) is 20.3. The van der Waals surface area contributed by atoms with Gasteiger partial charge in [-0.25, -0.2) is 0 Å². The topological polar surface area (TPSA) is 13.1 Å². The average Bonchev–Trinajstić information content (AvgIpc) is 4.14. The smallest absolute Gasteiger partial charge is 0.0755 e. The molecule has 14 aromatic rings. The highest BCUT2D eigenvalue weighted by Gasteiger charge is 2.51. The molecule has 12 aromatic carbocycles. The van der Waals surface area contributed by atoms with Crippen molar-refractivity contribution in [2.24, 2.45) is 0 Å². The Bertz CT molecular complexity index is 4640. The van der Waals surface area contributed by atoms with Crippen LogP contribution in [0.2, 0.25) is 0 Å². The highest BCUT2D eigenvalue weighted by molar-refractivity contribution is 6.13. The van der Waals surface area contributed by atoms with Crippen LogP contribution in [-0.2, 0) is 5.41 Å². The summed E-state index contributed by atoms with van der Waals surface area (Å²) in [4.78, 5) is 2.50. The lowest BCUT2D eigenvalue weighted by Crippen LogP contribution is -2.33. The number of hydrogen-bond donors (Lipinski definition) is 0. The average molecular weight is 966 g/mol. The predicted octanol–water partition coefficient (Wildman–Crippen LogP) is 19.0. The van der Waals surface area contributed by atoms with Gasteiger partial charge in [0.15, 0.2) is 0 Å². The van der Waals surface area contributed by atoms with Crippen LogP contribution in [0.4, 0.5) is 17.1 Å². The molecule has 16 rings (SSSR count). The monoisotopic (exact) mass is 965 g/mol. The Balaban J connectivity index is 0.923. The molecule has 0 N–H and O–H groups in total. The van der Waals surface area contributed by atoms with Gasteiger partial charge in [-0.1, -0.05) is 212 Å². The maximum absolute atomic E-state index is 2.53. The number of rotatable bonds is 7. The fraction of sp³-hybridized carbons (Fsp3) is 0.0137. The van der Waals surface area contributed by atoms with Gasteiger partial charge in [-0.2, -0.15) is 0 Å². The van der Waals surface area contributed by atoms with Gasteiger partial charge in [0.1, 0.15) is 0 Å². The van der Waals surface area contributed by atoms with Crippen molar-refractivity contribution in [1.82, 2.24) is 9.13 Å².